The number of para-hydroxylation sites is 1. The monoisotopic (exact) mass is 190 g/mol. The first-order valence-corrected chi connectivity index (χ1v) is 4.73. The van der Waals surface area contributed by atoms with Crippen molar-refractivity contribution >= 4 is 10.9 Å². The van der Waals surface area contributed by atoms with E-state index >= 15 is 0 Å². The maximum absolute atomic E-state index is 9.44. The van der Waals surface area contributed by atoms with Crippen LogP contribution in [0.2, 0.25) is 0 Å². The molecule has 0 aliphatic rings. The molecular weight excluding hydrogens is 176 g/mol. The third-order valence-corrected chi connectivity index (χ3v) is 2.36. The Morgan fingerprint density at radius 3 is 2.86 bits per heavy atom. The minimum absolute atomic E-state index is 0.298. The zero-order valence-electron chi connectivity index (χ0n) is 7.93. The number of aliphatic hydroxyl groups excluding tert-OH is 1. The van der Waals surface area contributed by atoms with Crippen molar-refractivity contribution in [1.82, 2.24) is 4.57 Å². The quantitative estimate of drug-likeness (QED) is 0.757. The summed E-state index contributed by atoms with van der Waals surface area (Å²) in [7, 11) is 0. The van der Waals surface area contributed by atoms with Crippen LogP contribution in [0.25, 0.3) is 10.9 Å². The maximum atomic E-state index is 9.44. The fourth-order valence-corrected chi connectivity index (χ4v) is 1.60. The van der Waals surface area contributed by atoms with E-state index in [1.54, 1.807) is 0 Å². The van der Waals surface area contributed by atoms with E-state index in [4.69, 9.17) is 5.73 Å². The predicted molar refractivity (Wildman–Crippen MR) is 57.0 cm³/mol. The van der Waals surface area contributed by atoms with Crippen LogP contribution in [0.5, 0.6) is 0 Å². The van der Waals surface area contributed by atoms with Gasteiger partial charge in [-0.05, 0) is 17.5 Å². The first kappa shape index (κ1) is 9.24. The molecule has 1 atom stereocenters. The summed E-state index contributed by atoms with van der Waals surface area (Å²) in [5, 5.41) is 10.6. The molecule has 1 aromatic heterocycles. The molecule has 1 aromatic carbocycles. The SMILES string of the molecule is NC[C@@H](O)Cn1ccc2ccccc21. The van der Waals surface area contributed by atoms with Crippen LogP contribution in [0, 0.1) is 0 Å². The van der Waals surface area contributed by atoms with Crippen LogP contribution in [0.1, 0.15) is 0 Å². The molecule has 0 spiro atoms. The van der Waals surface area contributed by atoms with Gasteiger partial charge in [-0.3, -0.25) is 0 Å². The van der Waals surface area contributed by atoms with Crippen molar-refractivity contribution in [2.45, 2.75) is 12.6 Å². The third-order valence-electron chi connectivity index (χ3n) is 2.36. The highest BCUT2D eigenvalue weighted by Crippen LogP contribution is 2.15. The molecule has 3 nitrogen and oxygen atoms in total. The molecule has 1 heterocycles. The number of rotatable bonds is 3. The summed E-state index contributed by atoms with van der Waals surface area (Å²) in [4.78, 5) is 0. The number of aromatic nitrogens is 1. The van der Waals surface area contributed by atoms with Crippen LogP contribution in [0.4, 0.5) is 0 Å². The Kier molecular flexibility index (Phi) is 2.52. The largest absolute Gasteiger partial charge is 0.390 e. The van der Waals surface area contributed by atoms with Gasteiger partial charge < -0.3 is 15.4 Å². The van der Waals surface area contributed by atoms with Crippen LogP contribution in [-0.2, 0) is 6.54 Å². The van der Waals surface area contributed by atoms with Crippen molar-refractivity contribution in [2.75, 3.05) is 6.54 Å². The lowest BCUT2D eigenvalue weighted by atomic mass is 10.2. The Morgan fingerprint density at radius 1 is 1.29 bits per heavy atom. The van der Waals surface area contributed by atoms with Crippen LogP contribution < -0.4 is 5.73 Å². The van der Waals surface area contributed by atoms with Crippen molar-refractivity contribution in [1.29, 1.82) is 0 Å². The van der Waals surface area contributed by atoms with Gasteiger partial charge in [-0.2, -0.15) is 0 Å². The van der Waals surface area contributed by atoms with Gasteiger partial charge in [-0.1, -0.05) is 18.2 Å². The van der Waals surface area contributed by atoms with Gasteiger partial charge in [0.05, 0.1) is 6.10 Å². The minimum Gasteiger partial charge on any atom is -0.390 e. The number of benzene rings is 1. The molecule has 0 fully saturated rings. The molecule has 2 aromatic rings. The van der Waals surface area contributed by atoms with Gasteiger partial charge in [0.2, 0.25) is 0 Å². The van der Waals surface area contributed by atoms with E-state index in [1.807, 2.05) is 35.0 Å². The summed E-state index contributed by atoms with van der Waals surface area (Å²) in [6.07, 6.45) is 1.51. The lowest BCUT2D eigenvalue weighted by molar-refractivity contribution is 0.164. The number of hydrogen-bond donors (Lipinski definition) is 2. The zero-order chi connectivity index (χ0) is 9.97. The molecule has 3 N–H and O–H groups in total. The standard InChI is InChI=1S/C11H14N2O/c12-7-10(14)8-13-6-5-9-3-1-2-4-11(9)13/h1-6,10,14H,7-8,12H2/t10-/m1/s1. The highest BCUT2D eigenvalue weighted by atomic mass is 16.3. The highest BCUT2D eigenvalue weighted by Gasteiger charge is 2.04. The van der Waals surface area contributed by atoms with Crippen LogP contribution >= 0.6 is 0 Å². The third kappa shape index (κ3) is 1.64. The van der Waals surface area contributed by atoms with Crippen molar-refractivity contribution in [3.63, 3.8) is 0 Å². The molecule has 2 rings (SSSR count). The fraction of sp³-hybridized carbons (Fsp3) is 0.273. The zero-order valence-corrected chi connectivity index (χ0v) is 7.93. The van der Waals surface area contributed by atoms with Crippen LogP contribution in [0.15, 0.2) is 36.5 Å². The van der Waals surface area contributed by atoms with E-state index in [1.165, 1.54) is 5.39 Å². The number of hydrogen-bond acceptors (Lipinski definition) is 2. The summed E-state index contributed by atoms with van der Waals surface area (Å²) < 4.78 is 2.02. The highest BCUT2D eigenvalue weighted by molar-refractivity contribution is 5.79. The van der Waals surface area contributed by atoms with E-state index in [9.17, 15) is 5.11 Å². The molecule has 0 bridgehead atoms. The van der Waals surface area contributed by atoms with Gasteiger partial charge in [-0.25, -0.2) is 0 Å². The van der Waals surface area contributed by atoms with Crippen molar-refractivity contribution in [3.8, 4) is 0 Å². The lowest BCUT2D eigenvalue weighted by Gasteiger charge is -2.09. The normalized spacial score (nSPS) is 13.3. The first-order valence-electron chi connectivity index (χ1n) is 4.73. The van der Waals surface area contributed by atoms with E-state index in [0.717, 1.165) is 5.52 Å². The molecule has 0 unspecified atom stereocenters. The fourth-order valence-electron chi connectivity index (χ4n) is 1.60. The topological polar surface area (TPSA) is 51.2 Å². The summed E-state index contributed by atoms with van der Waals surface area (Å²) in [5.41, 5.74) is 6.51. The molecule has 14 heavy (non-hydrogen) atoms. The molecule has 3 heteroatoms. The molecule has 0 radical (unpaired) electrons. The number of nitrogens with zero attached hydrogens (tertiary/aromatic N) is 1. The van der Waals surface area contributed by atoms with Crippen LogP contribution in [0.3, 0.4) is 0 Å². The number of nitrogens with two attached hydrogens (primary N) is 1. The van der Waals surface area contributed by atoms with Gasteiger partial charge in [0, 0.05) is 24.8 Å². The first-order chi connectivity index (χ1) is 6.81. The maximum Gasteiger partial charge on any atom is 0.0841 e. The number of fused-ring (bicyclic) bond motifs is 1. The number of aliphatic hydroxyl groups is 1. The minimum atomic E-state index is -0.467. The van der Waals surface area contributed by atoms with Gasteiger partial charge in [0.15, 0.2) is 0 Å². The molecular formula is C11H14N2O. The van der Waals surface area contributed by atoms with E-state index in [-0.39, 0.29) is 0 Å². The average Bonchev–Trinajstić information content (AvgIpc) is 2.62. The predicted octanol–water partition coefficient (Wildman–Crippen LogP) is 0.961. The second kappa shape index (κ2) is 3.82. The van der Waals surface area contributed by atoms with Gasteiger partial charge >= 0.3 is 0 Å². The average molecular weight is 190 g/mol. The Bertz CT molecular complexity index is 422. The molecule has 0 saturated heterocycles. The van der Waals surface area contributed by atoms with Crippen molar-refractivity contribution in [3.05, 3.63) is 36.5 Å². The second-order valence-electron chi connectivity index (χ2n) is 3.42. The Hall–Kier alpha value is -1.32. The van der Waals surface area contributed by atoms with Gasteiger partial charge in [0.1, 0.15) is 0 Å². The molecule has 0 aliphatic heterocycles. The second-order valence-corrected chi connectivity index (χ2v) is 3.42. The smallest absolute Gasteiger partial charge is 0.0841 e. The summed E-state index contributed by atoms with van der Waals surface area (Å²) in [5.74, 6) is 0. The molecule has 0 amide bonds. The molecule has 74 valence electrons. The Morgan fingerprint density at radius 2 is 2.07 bits per heavy atom. The van der Waals surface area contributed by atoms with E-state index in [2.05, 4.69) is 6.07 Å². The summed E-state index contributed by atoms with van der Waals surface area (Å²) in [6, 6.07) is 10.1. The lowest BCUT2D eigenvalue weighted by Crippen LogP contribution is -2.24. The van der Waals surface area contributed by atoms with Gasteiger partial charge in [0.25, 0.3) is 0 Å². The summed E-state index contributed by atoms with van der Waals surface area (Å²) in [6.45, 7) is 0.858. The van der Waals surface area contributed by atoms with E-state index in [0.29, 0.717) is 13.1 Å². The van der Waals surface area contributed by atoms with Gasteiger partial charge in [-0.15, -0.1) is 0 Å². The molecule has 0 aliphatic carbocycles. The van der Waals surface area contributed by atoms with E-state index < -0.39 is 6.10 Å². The van der Waals surface area contributed by atoms with Crippen molar-refractivity contribution < 1.29 is 5.11 Å². The Labute approximate surface area is 82.8 Å². The summed E-state index contributed by atoms with van der Waals surface area (Å²) >= 11 is 0. The molecule has 0 saturated carbocycles. The van der Waals surface area contributed by atoms with Crippen LogP contribution in [-0.4, -0.2) is 22.3 Å². The Balaban J connectivity index is 2.33. The van der Waals surface area contributed by atoms with Crippen molar-refractivity contribution in [2.24, 2.45) is 5.73 Å².